The van der Waals surface area contributed by atoms with Crippen LogP contribution in [0.2, 0.25) is 0 Å². The van der Waals surface area contributed by atoms with E-state index in [0.717, 1.165) is 42.4 Å². The van der Waals surface area contributed by atoms with Crippen LogP contribution in [0, 0.1) is 23.4 Å². The van der Waals surface area contributed by atoms with Gasteiger partial charge in [-0.15, -0.1) is 11.3 Å². The molecule has 1 fully saturated rings. The van der Waals surface area contributed by atoms with Gasteiger partial charge in [0.05, 0.1) is 35.9 Å². The van der Waals surface area contributed by atoms with Crippen LogP contribution in [0.25, 0.3) is 16.6 Å². The molecule has 0 radical (unpaired) electrons. The Labute approximate surface area is 215 Å². The van der Waals surface area contributed by atoms with Gasteiger partial charge < -0.3 is 24.3 Å². The van der Waals surface area contributed by atoms with Crippen molar-refractivity contribution in [3.05, 3.63) is 78.4 Å². The van der Waals surface area contributed by atoms with E-state index in [1.165, 1.54) is 18.6 Å². The third-order valence-corrected chi connectivity index (χ3v) is 6.99. The average molecular weight is 548 g/mol. The van der Waals surface area contributed by atoms with Crippen LogP contribution in [-0.4, -0.2) is 34.3 Å². The molecular formula is C25H19F3N2O7S. The molecule has 5 rings (SSSR count). The zero-order valence-electron chi connectivity index (χ0n) is 19.7. The minimum Gasteiger partial charge on any atom is -0.493 e. The second kappa shape index (κ2) is 9.89. The Balaban J connectivity index is 1.56. The maximum absolute atomic E-state index is 15.1. The van der Waals surface area contributed by atoms with Gasteiger partial charge in [0.2, 0.25) is 0 Å². The molecule has 2 heterocycles. The Morgan fingerprint density at radius 1 is 1.11 bits per heavy atom. The van der Waals surface area contributed by atoms with Crippen molar-refractivity contribution >= 4 is 28.2 Å². The standard InChI is InChI=1S/C25H19F3N2O7S/c1-35-18-6-14(27)16(30-23(31)20-15(29-25(30)34)10-38-22(20)24(32)33)7-19(18)37-9-12-17(36-8-11-2-3-11)5-4-13(26)21(12)28/h4-7,10-11H,2-3,8-9H2,1H3,(H,29,34)(H,32,33). The van der Waals surface area contributed by atoms with Crippen LogP contribution in [0.3, 0.4) is 0 Å². The van der Waals surface area contributed by atoms with Crippen molar-refractivity contribution in [1.29, 1.82) is 0 Å². The molecule has 1 aliphatic rings. The number of benzene rings is 2. The average Bonchev–Trinajstić information content (AvgIpc) is 3.61. The Morgan fingerprint density at radius 2 is 1.87 bits per heavy atom. The van der Waals surface area contributed by atoms with Crippen molar-refractivity contribution in [1.82, 2.24) is 9.55 Å². The lowest BCUT2D eigenvalue weighted by atomic mass is 10.2. The Morgan fingerprint density at radius 3 is 2.55 bits per heavy atom. The fraction of sp³-hybridized carbons (Fsp3) is 0.240. The first-order chi connectivity index (χ1) is 18.2. The normalized spacial score (nSPS) is 13.1. The molecule has 4 aromatic rings. The van der Waals surface area contributed by atoms with Crippen molar-refractivity contribution in [2.24, 2.45) is 5.92 Å². The van der Waals surface area contributed by atoms with E-state index in [4.69, 9.17) is 14.2 Å². The lowest BCUT2D eigenvalue weighted by Gasteiger charge is -2.16. The van der Waals surface area contributed by atoms with Crippen molar-refractivity contribution in [2.45, 2.75) is 19.4 Å². The fourth-order valence-corrected chi connectivity index (χ4v) is 4.70. The van der Waals surface area contributed by atoms with E-state index in [1.807, 2.05) is 0 Å². The molecule has 13 heteroatoms. The summed E-state index contributed by atoms with van der Waals surface area (Å²) in [6.45, 7) is -0.222. The van der Waals surface area contributed by atoms with Crippen LogP contribution in [0.4, 0.5) is 13.2 Å². The van der Waals surface area contributed by atoms with Crippen molar-refractivity contribution in [3.8, 4) is 22.9 Å². The van der Waals surface area contributed by atoms with Crippen LogP contribution in [0.1, 0.15) is 28.1 Å². The number of hydrogen-bond acceptors (Lipinski definition) is 7. The summed E-state index contributed by atoms with van der Waals surface area (Å²) in [5.41, 5.74) is -2.89. The number of hydrogen-bond donors (Lipinski definition) is 2. The molecule has 2 N–H and O–H groups in total. The van der Waals surface area contributed by atoms with E-state index in [0.29, 0.717) is 17.1 Å². The Hall–Kier alpha value is -4.26. The Bertz CT molecular complexity index is 1690. The van der Waals surface area contributed by atoms with Crippen LogP contribution >= 0.6 is 11.3 Å². The van der Waals surface area contributed by atoms with Crippen LogP contribution < -0.4 is 25.5 Å². The molecule has 0 aliphatic heterocycles. The number of H-pyrrole nitrogens is 1. The molecular weight excluding hydrogens is 529 g/mol. The van der Waals surface area contributed by atoms with Gasteiger partial charge in [0.25, 0.3) is 5.56 Å². The molecule has 38 heavy (non-hydrogen) atoms. The van der Waals surface area contributed by atoms with Gasteiger partial charge in [-0.2, -0.15) is 0 Å². The topological polar surface area (TPSA) is 120 Å². The predicted octanol–water partition coefficient (Wildman–Crippen LogP) is 4.23. The first-order valence-corrected chi connectivity index (χ1v) is 12.2. The first-order valence-electron chi connectivity index (χ1n) is 11.3. The number of fused-ring (bicyclic) bond motifs is 1. The third-order valence-electron chi connectivity index (χ3n) is 6.02. The van der Waals surface area contributed by atoms with Crippen molar-refractivity contribution in [2.75, 3.05) is 13.7 Å². The second-order valence-electron chi connectivity index (χ2n) is 8.56. The largest absolute Gasteiger partial charge is 0.493 e. The van der Waals surface area contributed by atoms with Crippen LogP contribution in [0.15, 0.2) is 39.2 Å². The number of carboxylic acids is 1. The third kappa shape index (κ3) is 4.60. The lowest BCUT2D eigenvalue weighted by molar-refractivity contribution is 0.0704. The van der Waals surface area contributed by atoms with Gasteiger partial charge in [-0.3, -0.25) is 4.79 Å². The summed E-state index contributed by atoms with van der Waals surface area (Å²) in [4.78, 5) is 39.4. The van der Waals surface area contributed by atoms with Gasteiger partial charge in [0.15, 0.2) is 29.0 Å². The molecule has 0 atom stereocenters. The highest BCUT2D eigenvalue weighted by Gasteiger charge is 2.25. The smallest absolute Gasteiger partial charge is 0.346 e. The van der Waals surface area contributed by atoms with Gasteiger partial charge in [0, 0.05) is 17.5 Å². The van der Waals surface area contributed by atoms with Gasteiger partial charge in [-0.1, -0.05) is 0 Å². The molecule has 0 spiro atoms. The highest BCUT2D eigenvalue weighted by Crippen LogP contribution is 2.35. The van der Waals surface area contributed by atoms with Crippen molar-refractivity contribution in [3.63, 3.8) is 0 Å². The number of halogens is 3. The number of ether oxygens (including phenoxy) is 3. The highest BCUT2D eigenvalue weighted by atomic mass is 32.1. The number of carboxylic acid groups (broad SMARTS) is 1. The molecule has 0 amide bonds. The monoisotopic (exact) mass is 548 g/mol. The Kier molecular flexibility index (Phi) is 6.61. The summed E-state index contributed by atoms with van der Waals surface area (Å²) in [6.07, 6.45) is 1.96. The maximum atomic E-state index is 15.1. The van der Waals surface area contributed by atoms with E-state index in [-0.39, 0.29) is 38.6 Å². The van der Waals surface area contributed by atoms with E-state index in [1.54, 1.807) is 0 Å². The maximum Gasteiger partial charge on any atom is 0.346 e. The summed E-state index contributed by atoms with van der Waals surface area (Å²) in [5, 5.41) is 10.4. The van der Waals surface area contributed by atoms with Crippen LogP contribution in [0.5, 0.6) is 17.2 Å². The number of aromatic carboxylic acids is 1. The minimum atomic E-state index is -1.39. The fourth-order valence-electron chi connectivity index (χ4n) is 3.87. The van der Waals surface area contributed by atoms with E-state index in [2.05, 4.69) is 4.98 Å². The number of nitrogens with zero attached hydrogens (tertiary/aromatic N) is 1. The molecule has 1 saturated carbocycles. The summed E-state index contributed by atoms with van der Waals surface area (Å²) < 4.78 is 60.6. The second-order valence-corrected chi connectivity index (χ2v) is 9.44. The summed E-state index contributed by atoms with van der Waals surface area (Å²) in [5.74, 6) is -4.69. The van der Waals surface area contributed by atoms with Gasteiger partial charge in [-0.05, 0) is 30.9 Å². The van der Waals surface area contributed by atoms with Gasteiger partial charge in [-0.25, -0.2) is 27.3 Å². The molecule has 2 aromatic heterocycles. The number of rotatable bonds is 9. The lowest BCUT2D eigenvalue weighted by Crippen LogP contribution is -2.34. The van der Waals surface area contributed by atoms with Crippen LogP contribution in [-0.2, 0) is 6.61 Å². The number of methoxy groups -OCH3 is 1. The minimum absolute atomic E-state index is 0.00986. The van der Waals surface area contributed by atoms with Gasteiger partial charge in [0.1, 0.15) is 17.2 Å². The predicted molar refractivity (Wildman–Crippen MR) is 130 cm³/mol. The molecule has 0 bridgehead atoms. The SMILES string of the molecule is COc1cc(F)c(-n2c(=O)[nH]c3csc(C(=O)O)c3c2=O)cc1OCc1c(OCC2CC2)ccc(F)c1F. The number of carbonyl (C=O) groups is 1. The van der Waals surface area contributed by atoms with E-state index >= 15 is 4.39 Å². The summed E-state index contributed by atoms with van der Waals surface area (Å²) in [7, 11) is 1.21. The van der Waals surface area contributed by atoms with Crippen molar-refractivity contribution < 1.29 is 37.3 Å². The molecule has 2 aromatic carbocycles. The highest BCUT2D eigenvalue weighted by molar-refractivity contribution is 7.13. The molecule has 9 nitrogen and oxygen atoms in total. The number of nitrogens with one attached hydrogen (secondary N) is 1. The first kappa shape index (κ1) is 25.4. The summed E-state index contributed by atoms with van der Waals surface area (Å²) >= 11 is 0.731. The zero-order valence-corrected chi connectivity index (χ0v) is 20.5. The molecule has 0 saturated heterocycles. The number of aromatic nitrogens is 2. The summed E-state index contributed by atoms with van der Waals surface area (Å²) in [6, 6.07) is 4.04. The number of aromatic amines is 1. The molecule has 1 aliphatic carbocycles. The van der Waals surface area contributed by atoms with E-state index in [9.17, 15) is 28.3 Å². The number of thiophene rings is 1. The quantitative estimate of drug-likeness (QED) is 0.321. The van der Waals surface area contributed by atoms with Gasteiger partial charge >= 0.3 is 11.7 Å². The van der Waals surface area contributed by atoms with E-state index < -0.39 is 47.0 Å². The molecule has 198 valence electrons. The molecule has 0 unspecified atom stereocenters. The zero-order chi connectivity index (χ0) is 27.1.